The van der Waals surface area contributed by atoms with Gasteiger partial charge in [0.15, 0.2) is 5.56 Å². The van der Waals surface area contributed by atoms with E-state index >= 15 is 0 Å². The Morgan fingerprint density at radius 1 is 1.36 bits per heavy atom. The highest BCUT2D eigenvalue weighted by Gasteiger charge is 2.30. The van der Waals surface area contributed by atoms with Gasteiger partial charge in [0, 0.05) is 30.8 Å². The number of rotatable bonds is 7. The summed E-state index contributed by atoms with van der Waals surface area (Å²) in [6, 6.07) is -0.397. The van der Waals surface area contributed by atoms with Crippen LogP contribution < -0.4 is 10.9 Å². The monoisotopic (exact) mass is 459 g/mol. The summed E-state index contributed by atoms with van der Waals surface area (Å²) in [7, 11) is 0. The van der Waals surface area contributed by atoms with E-state index in [-0.39, 0.29) is 36.6 Å². The van der Waals surface area contributed by atoms with Gasteiger partial charge < -0.3 is 25.2 Å². The highest BCUT2D eigenvalue weighted by Crippen LogP contribution is 2.24. The van der Waals surface area contributed by atoms with Gasteiger partial charge in [-0.25, -0.2) is 0 Å². The van der Waals surface area contributed by atoms with Crippen LogP contribution >= 0.6 is 0 Å². The van der Waals surface area contributed by atoms with Crippen molar-refractivity contribution >= 4 is 23.5 Å². The van der Waals surface area contributed by atoms with Gasteiger partial charge in [-0.3, -0.25) is 19.0 Å². The molecule has 2 aliphatic rings. The van der Waals surface area contributed by atoms with Crippen LogP contribution in [0.1, 0.15) is 42.6 Å². The number of aromatic hydroxyl groups is 1. The number of aliphatic hydroxyl groups is 1. The summed E-state index contributed by atoms with van der Waals surface area (Å²) in [6.07, 6.45) is 5.98. The maximum Gasteiger partial charge on any atom is 0.291 e. The van der Waals surface area contributed by atoms with Gasteiger partial charge in [0.2, 0.25) is 11.8 Å². The molecule has 1 aliphatic heterocycles. The summed E-state index contributed by atoms with van der Waals surface area (Å²) < 4.78 is 7.87. The van der Waals surface area contributed by atoms with Crippen LogP contribution in [0, 0.1) is 5.92 Å². The molecule has 178 valence electrons. The lowest BCUT2D eigenvalue weighted by atomic mass is 10.2. The molecule has 4 rings (SSSR count). The first-order chi connectivity index (χ1) is 15.8. The smallest absolute Gasteiger partial charge is 0.291 e. The van der Waals surface area contributed by atoms with E-state index in [0.29, 0.717) is 30.9 Å². The summed E-state index contributed by atoms with van der Waals surface area (Å²) in [5, 5.41) is 27.3. The molecule has 1 saturated carbocycles. The van der Waals surface area contributed by atoms with E-state index in [0.717, 1.165) is 17.4 Å². The van der Waals surface area contributed by atoms with Crippen molar-refractivity contribution in [3.63, 3.8) is 0 Å². The van der Waals surface area contributed by atoms with Gasteiger partial charge in [0.25, 0.3) is 11.5 Å². The molecule has 33 heavy (non-hydrogen) atoms. The van der Waals surface area contributed by atoms with E-state index in [1.807, 2.05) is 13.8 Å². The van der Waals surface area contributed by atoms with Crippen LogP contribution in [-0.4, -0.2) is 79.6 Å². The van der Waals surface area contributed by atoms with Crippen LogP contribution in [0.4, 0.5) is 0 Å². The highest BCUT2D eigenvalue weighted by molar-refractivity contribution is 5.97. The molecule has 3 heterocycles. The predicted octanol–water partition coefficient (Wildman–Crippen LogP) is -0.0173. The number of ether oxygens (including phenoxy) is 1. The number of carbonyl (C=O) groups is 2. The Morgan fingerprint density at radius 3 is 2.79 bits per heavy atom. The first-order valence-corrected chi connectivity index (χ1v) is 11.1. The van der Waals surface area contributed by atoms with Gasteiger partial charge in [-0.2, -0.15) is 9.61 Å². The van der Waals surface area contributed by atoms with Crippen molar-refractivity contribution < 1.29 is 24.5 Å². The Labute approximate surface area is 190 Å². The Kier molecular flexibility index (Phi) is 6.52. The number of carbonyl (C=O) groups excluding carboxylic acids is 2. The number of amides is 2. The van der Waals surface area contributed by atoms with E-state index in [9.17, 15) is 24.6 Å². The molecular weight excluding hydrogens is 430 g/mol. The Balaban J connectivity index is 1.74. The molecule has 1 saturated heterocycles. The van der Waals surface area contributed by atoms with Crippen LogP contribution in [0.2, 0.25) is 0 Å². The quantitative estimate of drug-likeness (QED) is 0.495. The number of nitrogens with zero attached hydrogens (tertiary/aromatic N) is 4. The Bertz CT molecular complexity index is 1150. The lowest BCUT2D eigenvalue weighted by molar-refractivity contribution is -0.136. The van der Waals surface area contributed by atoms with Crippen molar-refractivity contribution in [3.05, 3.63) is 33.8 Å². The van der Waals surface area contributed by atoms with Crippen LogP contribution in [0.25, 0.3) is 11.7 Å². The molecule has 0 aromatic carbocycles. The molecule has 0 bridgehead atoms. The molecule has 0 radical (unpaired) electrons. The second kappa shape index (κ2) is 9.36. The van der Waals surface area contributed by atoms with Crippen LogP contribution in [0.15, 0.2) is 17.1 Å². The van der Waals surface area contributed by atoms with Crippen LogP contribution in [0.5, 0.6) is 5.88 Å². The van der Waals surface area contributed by atoms with Crippen molar-refractivity contribution in [2.45, 2.75) is 45.3 Å². The van der Waals surface area contributed by atoms with Gasteiger partial charge in [-0.05, 0) is 24.8 Å². The van der Waals surface area contributed by atoms with Crippen molar-refractivity contribution in [2.24, 2.45) is 5.92 Å². The average Bonchev–Trinajstić information content (AvgIpc) is 3.50. The molecule has 11 nitrogen and oxygen atoms in total. The third kappa shape index (κ3) is 4.64. The molecule has 1 aliphatic carbocycles. The van der Waals surface area contributed by atoms with Crippen LogP contribution in [0.3, 0.4) is 0 Å². The minimum Gasteiger partial charge on any atom is -0.494 e. The Morgan fingerprint density at radius 2 is 2.12 bits per heavy atom. The molecule has 0 unspecified atom stereocenters. The number of hydrogen-bond acceptors (Lipinski definition) is 7. The number of nitrogens with one attached hydrogen (secondary N) is 1. The fraction of sp³-hybridized carbons (Fsp3) is 0.545. The van der Waals surface area contributed by atoms with Gasteiger partial charge in [0.05, 0.1) is 32.1 Å². The minimum atomic E-state index is -0.722. The summed E-state index contributed by atoms with van der Waals surface area (Å²) in [5.41, 5.74) is -0.331. The first-order valence-electron chi connectivity index (χ1n) is 11.1. The third-order valence-corrected chi connectivity index (χ3v) is 5.73. The van der Waals surface area contributed by atoms with E-state index in [2.05, 4.69) is 10.4 Å². The normalized spacial score (nSPS) is 19.0. The van der Waals surface area contributed by atoms with E-state index in [1.54, 1.807) is 0 Å². The van der Waals surface area contributed by atoms with Crippen LogP contribution in [-0.2, 0) is 16.1 Å². The molecule has 2 fully saturated rings. The average molecular weight is 460 g/mol. The maximum atomic E-state index is 13.0. The van der Waals surface area contributed by atoms with E-state index in [4.69, 9.17) is 4.74 Å². The van der Waals surface area contributed by atoms with Crippen molar-refractivity contribution in [2.75, 3.05) is 26.4 Å². The maximum absolute atomic E-state index is 13.0. The summed E-state index contributed by atoms with van der Waals surface area (Å²) >= 11 is 0. The first kappa shape index (κ1) is 23.0. The number of aliphatic hydroxyl groups excluding tert-OH is 1. The van der Waals surface area contributed by atoms with Crippen molar-refractivity contribution in [1.29, 1.82) is 0 Å². The molecule has 11 heteroatoms. The second-order valence-corrected chi connectivity index (χ2v) is 8.87. The van der Waals surface area contributed by atoms with E-state index in [1.165, 1.54) is 27.8 Å². The summed E-state index contributed by atoms with van der Waals surface area (Å²) in [5.74, 6) is -1.26. The van der Waals surface area contributed by atoms with Gasteiger partial charge in [-0.15, -0.1) is 0 Å². The number of aromatic nitrogens is 3. The molecule has 2 aromatic rings. The molecule has 2 aromatic heterocycles. The fourth-order valence-corrected chi connectivity index (χ4v) is 3.90. The molecule has 3 N–H and O–H groups in total. The third-order valence-electron chi connectivity index (χ3n) is 5.73. The van der Waals surface area contributed by atoms with E-state index < -0.39 is 23.4 Å². The molecule has 1 atom stereocenters. The topological polar surface area (TPSA) is 138 Å². The Hall–Kier alpha value is -3.18. The number of morpholine rings is 1. The summed E-state index contributed by atoms with van der Waals surface area (Å²) in [4.78, 5) is 39.9. The van der Waals surface area contributed by atoms with Gasteiger partial charge >= 0.3 is 0 Å². The molecular formula is C22H29N5O6. The lowest BCUT2D eigenvalue weighted by Crippen LogP contribution is -2.49. The predicted molar refractivity (Wildman–Crippen MR) is 119 cm³/mol. The zero-order chi connectivity index (χ0) is 23.7. The SMILES string of the molecule is CC(C)Cn1c(O)c(C(=O)NC2CC2)c(=O)n2ncc(/C=C/C(=O)N3CCOC[C@H]3CO)c12. The number of fused-ring (bicyclic) bond motifs is 1. The standard InChI is InChI=1S/C22H29N5O6/c1-13(2)10-26-20-14(3-6-17(29)25-7-8-33-12-16(25)11-28)9-23-27(20)22(32)18(21(26)31)19(30)24-15-4-5-15/h3,6,9,13,15-16,28,31H,4-5,7-8,10-12H2,1-2H3,(H,24,30)/b6-3+/t16-/m1/s1. The van der Waals surface area contributed by atoms with Gasteiger partial charge in [-0.1, -0.05) is 13.8 Å². The largest absolute Gasteiger partial charge is 0.494 e. The van der Waals surface area contributed by atoms with Gasteiger partial charge in [0.1, 0.15) is 5.65 Å². The molecule has 0 spiro atoms. The zero-order valence-corrected chi connectivity index (χ0v) is 18.7. The van der Waals surface area contributed by atoms with Crippen molar-refractivity contribution in [1.82, 2.24) is 24.4 Å². The fourth-order valence-electron chi connectivity index (χ4n) is 3.90. The lowest BCUT2D eigenvalue weighted by Gasteiger charge is -2.33. The zero-order valence-electron chi connectivity index (χ0n) is 18.7. The second-order valence-electron chi connectivity index (χ2n) is 8.87. The highest BCUT2D eigenvalue weighted by atomic mass is 16.5. The minimum absolute atomic E-state index is 0.0237. The molecule has 2 amide bonds. The number of hydrogen-bond donors (Lipinski definition) is 3. The summed E-state index contributed by atoms with van der Waals surface area (Å²) in [6.45, 7) is 5.03. The van der Waals surface area contributed by atoms with Crippen molar-refractivity contribution in [3.8, 4) is 5.88 Å².